The van der Waals surface area contributed by atoms with E-state index in [1.165, 1.54) is 12.1 Å². The van der Waals surface area contributed by atoms with Crippen molar-refractivity contribution in [2.75, 3.05) is 28.3 Å². The first-order chi connectivity index (χ1) is 8.07. The van der Waals surface area contributed by atoms with Gasteiger partial charge in [0.05, 0.1) is 33.8 Å². The maximum atomic E-state index is 13.0. The Morgan fingerprint density at radius 1 is 1.22 bits per heavy atom. The van der Waals surface area contributed by atoms with E-state index >= 15 is 0 Å². The number of esters is 1. The van der Waals surface area contributed by atoms with Crippen molar-refractivity contribution >= 4 is 11.7 Å². The highest BCUT2D eigenvalue weighted by molar-refractivity contribution is 5.90. The fourth-order valence-electron chi connectivity index (χ4n) is 1.59. The summed E-state index contributed by atoms with van der Waals surface area (Å²) < 4.78 is 43.3. The zero-order valence-electron chi connectivity index (χ0n) is 10.6. The Balaban J connectivity index is 3.45. The molecule has 0 aliphatic rings. The van der Waals surface area contributed by atoms with Gasteiger partial charge in [0.1, 0.15) is 11.3 Å². The fraction of sp³-hybridized carbons (Fsp3) is 0.417. The number of hydrogen-bond donors (Lipinski definition) is 0. The summed E-state index contributed by atoms with van der Waals surface area (Å²) in [4.78, 5) is 11.3. The van der Waals surface area contributed by atoms with E-state index in [4.69, 9.17) is 0 Å². The number of carbonyl (C=O) groups excluding carboxylic acids is 1. The Kier molecular flexibility index (Phi) is 3.71. The van der Waals surface area contributed by atoms with Crippen molar-refractivity contribution in [2.24, 2.45) is 0 Å². The largest absolute Gasteiger partial charge is 0.465 e. The molecule has 0 saturated carbocycles. The Morgan fingerprint density at radius 3 is 2.17 bits per heavy atom. The lowest BCUT2D eigenvalue weighted by Crippen LogP contribution is -2.37. The van der Waals surface area contributed by atoms with E-state index in [1.807, 2.05) is 0 Å². The molecule has 6 heteroatoms. The number of benzene rings is 1. The van der Waals surface area contributed by atoms with E-state index in [1.54, 1.807) is 21.1 Å². The van der Waals surface area contributed by atoms with Crippen LogP contribution in [0.2, 0.25) is 0 Å². The molecular weight excluding hydrogens is 247 g/mol. The van der Waals surface area contributed by atoms with E-state index < -0.39 is 17.7 Å². The molecule has 0 saturated heterocycles. The summed E-state index contributed by atoms with van der Waals surface area (Å²) in [7, 11) is 6.01. The molecule has 0 aliphatic heterocycles. The van der Waals surface area contributed by atoms with Crippen LogP contribution in [0.3, 0.4) is 0 Å². The number of rotatable bonds is 2. The van der Waals surface area contributed by atoms with Crippen LogP contribution in [0.15, 0.2) is 18.2 Å². The molecule has 0 spiro atoms. The second-order valence-corrected chi connectivity index (χ2v) is 4.73. The smallest absolute Gasteiger partial charge is 0.422 e. The fourth-order valence-corrected chi connectivity index (χ4v) is 1.59. The molecule has 1 aromatic rings. The van der Waals surface area contributed by atoms with Crippen LogP contribution >= 0.6 is 0 Å². The molecule has 1 aromatic carbocycles. The number of hydrogen-bond acceptors (Lipinski definition) is 2. The molecule has 0 fully saturated rings. The Bertz CT molecular complexity index is 461. The zero-order chi connectivity index (χ0) is 14.1. The van der Waals surface area contributed by atoms with Crippen molar-refractivity contribution in [3.8, 4) is 0 Å². The number of quaternary nitrogens is 1. The summed E-state index contributed by atoms with van der Waals surface area (Å²) in [6, 6.07) is 3.46. The summed E-state index contributed by atoms with van der Waals surface area (Å²) >= 11 is 0. The van der Waals surface area contributed by atoms with Gasteiger partial charge in [-0.2, -0.15) is 13.2 Å². The van der Waals surface area contributed by atoms with Gasteiger partial charge in [0.15, 0.2) is 0 Å². The molecule has 0 heterocycles. The Labute approximate surface area is 103 Å². The van der Waals surface area contributed by atoms with Crippen LogP contribution in [0.1, 0.15) is 15.9 Å². The van der Waals surface area contributed by atoms with Gasteiger partial charge in [0.25, 0.3) is 0 Å². The number of carbonyl (C=O) groups is 1. The molecule has 0 N–H and O–H groups in total. The monoisotopic (exact) mass is 262 g/mol. The average Bonchev–Trinajstić information content (AvgIpc) is 2.24. The highest BCUT2D eigenvalue weighted by Gasteiger charge is 2.38. The molecule has 18 heavy (non-hydrogen) atoms. The number of methoxy groups -OCH3 is 1. The van der Waals surface area contributed by atoms with Gasteiger partial charge in [0, 0.05) is 6.07 Å². The SMILES string of the molecule is COC(=O)c1ccc([N+](C)(C)C)c(C(F)(F)F)c1. The number of nitrogens with zero attached hydrogens (tertiary/aromatic N) is 1. The molecule has 100 valence electrons. The van der Waals surface area contributed by atoms with Crippen LogP contribution in [0.5, 0.6) is 0 Å². The van der Waals surface area contributed by atoms with E-state index in [0.717, 1.165) is 13.2 Å². The highest BCUT2D eigenvalue weighted by Crippen LogP contribution is 2.38. The normalized spacial score (nSPS) is 12.4. The van der Waals surface area contributed by atoms with Crippen molar-refractivity contribution in [1.29, 1.82) is 0 Å². The zero-order valence-corrected chi connectivity index (χ0v) is 10.6. The third kappa shape index (κ3) is 3.01. The maximum absolute atomic E-state index is 13.0. The van der Waals surface area contributed by atoms with Crippen LogP contribution in [-0.2, 0) is 10.9 Å². The van der Waals surface area contributed by atoms with E-state index in [9.17, 15) is 18.0 Å². The second-order valence-electron chi connectivity index (χ2n) is 4.73. The molecule has 0 amide bonds. The molecule has 0 radical (unpaired) electrons. The summed E-state index contributed by atoms with van der Waals surface area (Å²) in [6.07, 6.45) is -4.51. The van der Waals surface area contributed by atoms with Crippen molar-refractivity contribution < 1.29 is 22.7 Å². The standard InChI is InChI=1S/C12H15F3NO2/c1-16(2,3)10-6-5-8(11(17)18-4)7-9(10)12(13,14)15/h5-7H,1-4H3/q+1. The lowest BCUT2D eigenvalue weighted by atomic mass is 10.1. The number of ether oxygens (including phenoxy) is 1. The van der Waals surface area contributed by atoms with Crippen LogP contribution < -0.4 is 4.48 Å². The van der Waals surface area contributed by atoms with Crippen molar-refractivity contribution in [3.63, 3.8) is 0 Å². The van der Waals surface area contributed by atoms with Crippen LogP contribution in [-0.4, -0.2) is 34.2 Å². The van der Waals surface area contributed by atoms with E-state index in [0.29, 0.717) is 0 Å². The molecule has 0 aliphatic carbocycles. The van der Waals surface area contributed by atoms with Gasteiger partial charge in [-0.3, -0.25) is 4.48 Å². The van der Waals surface area contributed by atoms with Gasteiger partial charge in [-0.15, -0.1) is 0 Å². The van der Waals surface area contributed by atoms with Crippen LogP contribution in [0, 0.1) is 0 Å². The molecule has 3 nitrogen and oxygen atoms in total. The molecule has 0 unspecified atom stereocenters. The van der Waals surface area contributed by atoms with Crippen molar-refractivity contribution in [3.05, 3.63) is 29.3 Å². The van der Waals surface area contributed by atoms with Crippen LogP contribution in [0.4, 0.5) is 18.9 Å². The quantitative estimate of drug-likeness (QED) is 0.605. The molecule has 0 atom stereocenters. The van der Waals surface area contributed by atoms with Gasteiger partial charge in [0.2, 0.25) is 0 Å². The average molecular weight is 262 g/mol. The van der Waals surface area contributed by atoms with Crippen LogP contribution in [0.25, 0.3) is 0 Å². The Hall–Kier alpha value is -1.56. The van der Waals surface area contributed by atoms with Gasteiger partial charge >= 0.3 is 12.1 Å². The second kappa shape index (κ2) is 4.61. The minimum atomic E-state index is -4.51. The minimum Gasteiger partial charge on any atom is -0.465 e. The van der Waals surface area contributed by atoms with Gasteiger partial charge in [-0.25, -0.2) is 4.79 Å². The topological polar surface area (TPSA) is 26.3 Å². The van der Waals surface area contributed by atoms with E-state index in [-0.39, 0.29) is 15.7 Å². The number of halogens is 3. The van der Waals surface area contributed by atoms with Crippen molar-refractivity contribution in [1.82, 2.24) is 4.48 Å². The predicted octanol–water partition coefficient (Wildman–Crippen LogP) is 2.69. The third-order valence-electron chi connectivity index (χ3n) is 2.45. The molecule has 0 aromatic heterocycles. The summed E-state index contributed by atoms with van der Waals surface area (Å²) in [5, 5.41) is 0. The predicted molar refractivity (Wildman–Crippen MR) is 62.3 cm³/mol. The van der Waals surface area contributed by atoms with Crippen molar-refractivity contribution in [2.45, 2.75) is 6.18 Å². The maximum Gasteiger partial charge on any atom is 0.422 e. The first-order valence-corrected chi connectivity index (χ1v) is 5.19. The molecular formula is C12H15F3NO2+. The molecule has 1 rings (SSSR count). The first-order valence-electron chi connectivity index (χ1n) is 5.19. The summed E-state index contributed by atoms with van der Waals surface area (Å²) in [5.41, 5.74) is -0.838. The lowest BCUT2D eigenvalue weighted by Gasteiger charge is -2.27. The minimum absolute atomic E-state index is 0.0102. The van der Waals surface area contributed by atoms with Gasteiger partial charge in [-0.1, -0.05) is 0 Å². The summed E-state index contributed by atoms with van der Waals surface area (Å²) in [5.74, 6) is -0.784. The number of alkyl halides is 3. The first kappa shape index (κ1) is 14.5. The van der Waals surface area contributed by atoms with E-state index in [2.05, 4.69) is 4.74 Å². The Morgan fingerprint density at radius 2 is 1.78 bits per heavy atom. The van der Waals surface area contributed by atoms with Gasteiger partial charge < -0.3 is 4.74 Å². The summed E-state index contributed by atoms with van der Waals surface area (Å²) in [6.45, 7) is 0. The van der Waals surface area contributed by atoms with Gasteiger partial charge in [-0.05, 0) is 12.1 Å². The third-order valence-corrected chi connectivity index (χ3v) is 2.45. The molecule has 0 bridgehead atoms. The highest BCUT2D eigenvalue weighted by atomic mass is 19.4. The lowest BCUT2D eigenvalue weighted by molar-refractivity contribution is -0.137.